The van der Waals surface area contributed by atoms with Gasteiger partial charge in [0.05, 0.1) is 18.4 Å². The molecular weight excluding hydrogens is 335 g/mol. The third-order valence-corrected chi connectivity index (χ3v) is 4.69. The molecule has 2 aromatic rings. The zero-order valence-electron chi connectivity index (χ0n) is 15.0. The lowest BCUT2D eigenvalue weighted by atomic mass is 9.99. The summed E-state index contributed by atoms with van der Waals surface area (Å²) >= 11 is 0. The molecule has 26 heavy (non-hydrogen) atoms. The second-order valence-corrected chi connectivity index (χ2v) is 6.74. The number of ether oxygens (including phenoxy) is 1. The molecule has 0 spiro atoms. The Kier molecular flexibility index (Phi) is 6.22. The normalized spacial score (nSPS) is 17.1. The summed E-state index contributed by atoms with van der Waals surface area (Å²) in [6, 6.07) is 6.08. The van der Waals surface area contributed by atoms with Gasteiger partial charge in [-0.2, -0.15) is 5.10 Å². The highest BCUT2D eigenvalue weighted by Gasteiger charge is 2.16. The maximum atomic E-state index is 13.1. The van der Waals surface area contributed by atoms with Gasteiger partial charge in [0.1, 0.15) is 5.82 Å². The number of aromatic nitrogens is 2. The quantitative estimate of drug-likeness (QED) is 0.831. The van der Waals surface area contributed by atoms with Crippen LogP contribution in [0.4, 0.5) is 9.18 Å². The van der Waals surface area contributed by atoms with Crippen LogP contribution in [-0.2, 0) is 11.3 Å². The standard InChI is InChI=1S/C19H25FN4O2/c1-24(19(25)21-9-8-14-3-2-10-26-13-14)12-16-11-22-23-18(16)15-4-6-17(20)7-5-15/h4-7,11,14H,2-3,8-10,12-13H2,1H3,(H,21,25)(H,22,23)/t14-/m1/s1. The summed E-state index contributed by atoms with van der Waals surface area (Å²) in [5, 5.41) is 9.95. The molecule has 0 saturated carbocycles. The highest BCUT2D eigenvalue weighted by molar-refractivity contribution is 5.74. The molecule has 3 rings (SSSR count). The van der Waals surface area contributed by atoms with Gasteiger partial charge in [-0.05, 0) is 49.4 Å². The van der Waals surface area contributed by atoms with E-state index in [1.165, 1.54) is 18.6 Å². The van der Waals surface area contributed by atoms with Gasteiger partial charge in [-0.1, -0.05) is 0 Å². The van der Waals surface area contributed by atoms with E-state index in [2.05, 4.69) is 15.5 Å². The molecule has 2 heterocycles. The first-order valence-corrected chi connectivity index (χ1v) is 8.98. The zero-order valence-corrected chi connectivity index (χ0v) is 15.0. The second kappa shape index (κ2) is 8.80. The molecule has 6 nitrogen and oxygen atoms in total. The molecule has 1 aliphatic rings. The lowest BCUT2D eigenvalue weighted by Gasteiger charge is -2.23. The monoisotopic (exact) mass is 360 g/mol. The van der Waals surface area contributed by atoms with Crippen LogP contribution in [0, 0.1) is 11.7 Å². The van der Waals surface area contributed by atoms with E-state index < -0.39 is 0 Å². The van der Waals surface area contributed by atoms with E-state index in [-0.39, 0.29) is 11.8 Å². The Balaban J connectivity index is 1.51. The Morgan fingerprint density at radius 3 is 2.96 bits per heavy atom. The number of carbonyl (C=O) groups excluding carboxylic acids is 1. The van der Waals surface area contributed by atoms with Crippen molar-refractivity contribution in [3.05, 3.63) is 41.8 Å². The Morgan fingerprint density at radius 1 is 1.42 bits per heavy atom. The van der Waals surface area contributed by atoms with Gasteiger partial charge in [-0.3, -0.25) is 5.10 Å². The van der Waals surface area contributed by atoms with Crippen LogP contribution in [0.25, 0.3) is 11.3 Å². The third-order valence-electron chi connectivity index (χ3n) is 4.69. The molecule has 1 aliphatic heterocycles. The molecule has 1 fully saturated rings. The fraction of sp³-hybridized carbons (Fsp3) is 0.474. The number of urea groups is 1. The van der Waals surface area contributed by atoms with E-state index in [1.807, 2.05) is 0 Å². The predicted octanol–water partition coefficient (Wildman–Crippen LogP) is 3.17. The average Bonchev–Trinajstić information content (AvgIpc) is 3.11. The first kappa shape index (κ1) is 18.4. The van der Waals surface area contributed by atoms with E-state index in [0.29, 0.717) is 19.0 Å². The number of rotatable bonds is 6. The van der Waals surface area contributed by atoms with E-state index in [9.17, 15) is 9.18 Å². The van der Waals surface area contributed by atoms with Gasteiger partial charge in [0.2, 0.25) is 0 Å². The van der Waals surface area contributed by atoms with Gasteiger partial charge in [0.15, 0.2) is 0 Å². The summed E-state index contributed by atoms with van der Waals surface area (Å²) in [6.45, 7) is 2.71. The summed E-state index contributed by atoms with van der Waals surface area (Å²) in [7, 11) is 1.75. The van der Waals surface area contributed by atoms with Crippen LogP contribution in [0.5, 0.6) is 0 Å². The van der Waals surface area contributed by atoms with Crippen molar-refractivity contribution in [3.63, 3.8) is 0 Å². The van der Waals surface area contributed by atoms with E-state index in [4.69, 9.17) is 4.74 Å². The van der Waals surface area contributed by atoms with Crippen molar-refractivity contribution in [2.24, 2.45) is 5.92 Å². The molecule has 7 heteroatoms. The molecule has 0 bridgehead atoms. The lowest BCUT2D eigenvalue weighted by Crippen LogP contribution is -2.38. The minimum Gasteiger partial charge on any atom is -0.381 e. The van der Waals surface area contributed by atoms with E-state index in [1.54, 1.807) is 30.3 Å². The Hall–Kier alpha value is -2.41. The van der Waals surface area contributed by atoms with Crippen LogP contribution in [0.1, 0.15) is 24.8 Å². The molecule has 1 saturated heterocycles. The average molecular weight is 360 g/mol. The van der Waals surface area contributed by atoms with E-state index >= 15 is 0 Å². The van der Waals surface area contributed by atoms with Crippen LogP contribution in [0.3, 0.4) is 0 Å². The molecule has 0 aliphatic carbocycles. The van der Waals surface area contributed by atoms with Crippen LogP contribution in [-0.4, -0.2) is 47.9 Å². The Labute approximate surface area is 152 Å². The fourth-order valence-electron chi connectivity index (χ4n) is 3.18. The first-order chi connectivity index (χ1) is 12.6. The highest BCUT2D eigenvalue weighted by Crippen LogP contribution is 2.22. The molecule has 1 aromatic carbocycles. The van der Waals surface area contributed by atoms with Gasteiger partial charge >= 0.3 is 6.03 Å². The Morgan fingerprint density at radius 2 is 2.23 bits per heavy atom. The van der Waals surface area contributed by atoms with Gasteiger partial charge in [0, 0.05) is 37.9 Å². The number of aromatic amines is 1. The van der Waals surface area contributed by atoms with Crippen molar-refractivity contribution in [3.8, 4) is 11.3 Å². The minimum atomic E-state index is -0.283. The number of amides is 2. The van der Waals surface area contributed by atoms with Gasteiger partial charge in [0.25, 0.3) is 0 Å². The number of hydrogen-bond donors (Lipinski definition) is 2. The number of nitrogens with zero attached hydrogens (tertiary/aromatic N) is 2. The summed E-state index contributed by atoms with van der Waals surface area (Å²) in [4.78, 5) is 13.9. The van der Waals surface area contributed by atoms with Crippen molar-refractivity contribution >= 4 is 6.03 Å². The molecule has 2 N–H and O–H groups in total. The van der Waals surface area contributed by atoms with Crippen LogP contribution >= 0.6 is 0 Å². The maximum absolute atomic E-state index is 13.1. The Bertz CT molecular complexity index is 711. The van der Waals surface area contributed by atoms with Crippen LogP contribution < -0.4 is 5.32 Å². The van der Waals surface area contributed by atoms with Crippen molar-refractivity contribution in [1.29, 1.82) is 0 Å². The van der Waals surface area contributed by atoms with Crippen molar-refractivity contribution in [2.75, 3.05) is 26.8 Å². The van der Waals surface area contributed by atoms with Crippen molar-refractivity contribution in [1.82, 2.24) is 20.4 Å². The number of H-pyrrole nitrogens is 1. The molecular formula is C19H25FN4O2. The fourth-order valence-corrected chi connectivity index (χ4v) is 3.18. The molecule has 1 aromatic heterocycles. The van der Waals surface area contributed by atoms with Gasteiger partial charge < -0.3 is 15.0 Å². The molecule has 0 radical (unpaired) electrons. The first-order valence-electron chi connectivity index (χ1n) is 8.98. The predicted molar refractivity (Wildman–Crippen MR) is 97.0 cm³/mol. The molecule has 2 amide bonds. The number of halogens is 1. The third kappa shape index (κ3) is 4.82. The van der Waals surface area contributed by atoms with Gasteiger partial charge in [-0.25, -0.2) is 9.18 Å². The number of benzene rings is 1. The second-order valence-electron chi connectivity index (χ2n) is 6.74. The van der Waals surface area contributed by atoms with Crippen LogP contribution in [0.2, 0.25) is 0 Å². The summed E-state index contributed by atoms with van der Waals surface area (Å²) < 4.78 is 18.6. The lowest BCUT2D eigenvalue weighted by molar-refractivity contribution is 0.0519. The zero-order chi connectivity index (χ0) is 18.4. The summed E-state index contributed by atoms with van der Waals surface area (Å²) in [5.41, 5.74) is 2.52. The highest BCUT2D eigenvalue weighted by atomic mass is 19.1. The summed E-state index contributed by atoms with van der Waals surface area (Å²) in [5.74, 6) is 0.253. The molecule has 0 unspecified atom stereocenters. The smallest absolute Gasteiger partial charge is 0.317 e. The largest absolute Gasteiger partial charge is 0.381 e. The molecule has 140 valence electrons. The maximum Gasteiger partial charge on any atom is 0.317 e. The van der Waals surface area contributed by atoms with E-state index in [0.717, 1.165) is 42.9 Å². The van der Waals surface area contributed by atoms with Gasteiger partial charge in [-0.15, -0.1) is 0 Å². The minimum absolute atomic E-state index is 0.118. The number of hydrogen-bond acceptors (Lipinski definition) is 3. The topological polar surface area (TPSA) is 70.2 Å². The SMILES string of the molecule is CN(Cc1cn[nH]c1-c1ccc(F)cc1)C(=O)NCC[C@H]1CCCOC1. The summed E-state index contributed by atoms with van der Waals surface area (Å²) in [6.07, 6.45) is 4.90. The number of nitrogens with one attached hydrogen (secondary N) is 2. The molecule has 1 atom stereocenters. The van der Waals surface area contributed by atoms with Crippen LogP contribution in [0.15, 0.2) is 30.5 Å². The van der Waals surface area contributed by atoms with Crippen molar-refractivity contribution < 1.29 is 13.9 Å². The van der Waals surface area contributed by atoms with Crippen molar-refractivity contribution in [2.45, 2.75) is 25.8 Å². The number of carbonyl (C=O) groups is 1.